The van der Waals surface area contributed by atoms with Crippen LogP contribution in [0.2, 0.25) is 0 Å². The van der Waals surface area contributed by atoms with E-state index in [0.717, 1.165) is 10.8 Å². The number of fused-ring (bicyclic) bond motifs is 1. The van der Waals surface area contributed by atoms with E-state index in [2.05, 4.69) is 9.44 Å². The first-order chi connectivity index (χ1) is 9.78. The lowest BCUT2D eigenvalue weighted by atomic mass is 10.1. The molecule has 0 atom stereocenters. The van der Waals surface area contributed by atoms with Gasteiger partial charge in [0.25, 0.3) is 10.2 Å². The van der Waals surface area contributed by atoms with E-state index < -0.39 is 16.2 Å². The molecule has 2 aromatic rings. The first-order valence-corrected chi connectivity index (χ1v) is 7.83. The zero-order valence-corrected chi connectivity index (χ0v) is 12.4. The highest BCUT2D eigenvalue weighted by Crippen LogP contribution is 2.25. The van der Waals surface area contributed by atoms with Gasteiger partial charge in [-0.2, -0.15) is 13.1 Å². The number of carbonyl (C=O) groups is 1. The average Bonchev–Trinajstić information content (AvgIpc) is 2.35. The van der Waals surface area contributed by atoms with Crippen LogP contribution >= 0.6 is 0 Å². The Morgan fingerprint density at radius 3 is 2.24 bits per heavy atom. The lowest BCUT2D eigenvalue weighted by molar-refractivity contribution is 0.0698. The molecule has 0 saturated heterocycles. The van der Waals surface area contributed by atoms with Gasteiger partial charge in [-0.15, -0.1) is 0 Å². The molecule has 112 valence electrons. The molecule has 6 nitrogen and oxygen atoms in total. The van der Waals surface area contributed by atoms with Crippen molar-refractivity contribution in [3.05, 3.63) is 42.0 Å². The SMILES string of the molecule is CC(C)NS(=O)(=O)Nc1cc2ccccc2cc1C(=O)O. The van der Waals surface area contributed by atoms with Gasteiger partial charge in [0.2, 0.25) is 0 Å². The minimum absolute atomic E-state index is 0.0364. The minimum atomic E-state index is -3.82. The number of benzene rings is 2. The topological polar surface area (TPSA) is 95.5 Å². The monoisotopic (exact) mass is 308 g/mol. The first kappa shape index (κ1) is 15.3. The van der Waals surface area contributed by atoms with E-state index >= 15 is 0 Å². The summed E-state index contributed by atoms with van der Waals surface area (Å²) in [4.78, 5) is 11.3. The molecule has 0 spiro atoms. The molecule has 0 amide bonds. The van der Waals surface area contributed by atoms with Gasteiger partial charge in [-0.3, -0.25) is 4.72 Å². The van der Waals surface area contributed by atoms with Gasteiger partial charge in [0.1, 0.15) is 0 Å². The van der Waals surface area contributed by atoms with E-state index in [9.17, 15) is 18.3 Å². The number of aromatic carboxylic acids is 1. The summed E-state index contributed by atoms with van der Waals surface area (Å²) in [6.45, 7) is 3.36. The highest BCUT2D eigenvalue weighted by Gasteiger charge is 2.17. The van der Waals surface area contributed by atoms with Crippen molar-refractivity contribution in [3.8, 4) is 0 Å². The molecule has 0 heterocycles. The highest BCUT2D eigenvalue weighted by molar-refractivity contribution is 7.90. The van der Waals surface area contributed by atoms with Crippen LogP contribution in [0.3, 0.4) is 0 Å². The fourth-order valence-electron chi connectivity index (χ4n) is 1.99. The van der Waals surface area contributed by atoms with Crippen LogP contribution in [-0.4, -0.2) is 25.5 Å². The maximum atomic E-state index is 11.9. The second-order valence-corrected chi connectivity index (χ2v) is 6.37. The van der Waals surface area contributed by atoms with Crippen LogP contribution in [0.25, 0.3) is 10.8 Å². The smallest absolute Gasteiger partial charge is 0.337 e. The zero-order valence-electron chi connectivity index (χ0n) is 11.6. The number of carboxylic acids is 1. The van der Waals surface area contributed by atoms with Gasteiger partial charge in [0, 0.05) is 6.04 Å². The quantitative estimate of drug-likeness (QED) is 0.789. The van der Waals surface area contributed by atoms with E-state index in [1.54, 1.807) is 38.1 Å². The van der Waals surface area contributed by atoms with Crippen molar-refractivity contribution in [2.45, 2.75) is 19.9 Å². The number of carboxylic acid groups (broad SMARTS) is 1. The van der Waals surface area contributed by atoms with Crippen LogP contribution in [0, 0.1) is 0 Å². The summed E-state index contributed by atoms with van der Waals surface area (Å²) in [6, 6.07) is 9.81. The minimum Gasteiger partial charge on any atom is -0.478 e. The van der Waals surface area contributed by atoms with Crippen molar-refractivity contribution in [1.29, 1.82) is 0 Å². The number of hydrogen-bond acceptors (Lipinski definition) is 3. The lowest BCUT2D eigenvalue weighted by Crippen LogP contribution is -2.35. The molecule has 0 saturated carbocycles. The van der Waals surface area contributed by atoms with Crippen molar-refractivity contribution in [2.24, 2.45) is 0 Å². The van der Waals surface area contributed by atoms with E-state index in [1.807, 2.05) is 0 Å². The van der Waals surface area contributed by atoms with E-state index in [4.69, 9.17) is 0 Å². The summed E-state index contributed by atoms with van der Waals surface area (Å²) < 4.78 is 28.4. The average molecular weight is 308 g/mol. The van der Waals surface area contributed by atoms with Crippen molar-refractivity contribution >= 4 is 32.6 Å². The summed E-state index contributed by atoms with van der Waals surface area (Å²) >= 11 is 0. The molecular formula is C14H16N2O4S. The van der Waals surface area contributed by atoms with Gasteiger partial charge < -0.3 is 5.11 Å². The Balaban J connectivity index is 2.51. The van der Waals surface area contributed by atoms with Gasteiger partial charge in [-0.1, -0.05) is 24.3 Å². The number of hydrogen-bond donors (Lipinski definition) is 3. The van der Waals surface area contributed by atoms with Crippen LogP contribution in [0.4, 0.5) is 5.69 Å². The molecule has 0 radical (unpaired) electrons. The zero-order chi connectivity index (χ0) is 15.6. The van der Waals surface area contributed by atoms with Crippen LogP contribution in [0.1, 0.15) is 24.2 Å². The summed E-state index contributed by atoms with van der Waals surface area (Å²) in [6.07, 6.45) is 0. The van der Waals surface area contributed by atoms with E-state index in [1.165, 1.54) is 12.1 Å². The van der Waals surface area contributed by atoms with Crippen LogP contribution in [0.15, 0.2) is 36.4 Å². The molecule has 0 unspecified atom stereocenters. The highest BCUT2D eigenvalue weighted by atomic mass is 32.2. The lowest BCUT2D eigenvalue weighted by Gasteiger charge is -2.14. The molecule has 0 fully saturated rings. The molecule has 0 aliphatic carbocycles. The molecule has 0 aliphatic heterocycles. The maximum Gasteiger partial charge on any atom is 0.337 e. The fourth-order valence-corrected chi connectivity index (χ4v) is 3.12. The van der Waals surface area contributed by atoms with Crippen LogP contribution in [0.5, 0.6) is 0 Å². The summed E-state index contributed by atoms with van der Waals surface area (Å²) in [5.74, 6) is -1.19. The Bertz CT molecular complexity index is 785. The molecule has 0 aromatic heterocycles. The molecule has 0 aliphatic rings. The Kier molecular flexibility index (Phi) is 4.15. The second kappa shape index (κ2) is 5.71. The molecule has 0 bridgehead atoms. The predicted molar refractivity (Wildman–Crippen MR) is 81.7 cm³/mol. The van der Waals surface area contributed by atoms with Gasteiger partial charge in [-0.05, 0) is 36.8 Å². The second-order valence-electron chi connectivity index (χ2n) is 4.93. The first-order valence-electron chi connectivity index (χ1n) is 6.34. The fraction of sp³-hybridized carbons (Fsp3) is 0.214. The third kappa shape index (κ3) is 3.71. The predicted octanol–water partition coefficient (Wildman–Crippen LogP) is 2.19. The third-order valence-electron chi connectivity index (χ3n) is 2.75. The van der Waals surface area contributed by atoms with E-state index in [-0.39, 0.29) is 17.3 Å². The van der Waals surface area contributed by atoms with E-state index in [0.29, 0.717) is 0 Å². The Morgan fingerprint density at radius 1 is 1.14 bits per heavy atom. The number of nitrogens with one attached hydrogen (secondary N) is 2. The van der Waals surface area contributed by atoms with Crippen molar-refractivity contribution < 1.29 is 18.3 Å². The number of anilines is 1. The standard InChI is InChI=1S/C14H16N2O4S/c1-9(2)15-21(19,20)16-13-8-11-6-4-3-5-10(11)7-12(13)14(17)18/h3-9,15-16H,1-2H3,(H,17,18). The van der Waals surface area contributed by atoms with Gasteiger partial charge >= 0.3 is 5.97 Å². The van der Waals surface area contributed by atoms with Crippen molar-refractivity contribution in [1.82, 2.24) is 4.72 Å². The van der Waals surface area contributed by atoms with Crippen molar-refractivity contribution in [2.75, 3.05) is 4.72 Å². The molecule has 21 heavy (non-hydrogen) atoms. The molecule has 7 heteroatoms. The van der Waals surface area contributed by atoms with Gasteiger partial charge in [0.15, 0.2) is 0 Å². The summed E-state index contributed by atoms with van der Waals surface area (Å²) in [7, 11) is -3.82. The Morgan fingerprint density at radius 2 is 1.71 bits per heavy atom. The van der Waals surface area contributed by atoms with Crippen LogP contribution in [-0.2, 0) is 10.2 Å². The summed E-state index contributed by atoms with van der Waals surface area (Å²) in [5, 5.41) is 10.7. The maximum absolute atomic E-state index is 11.9. The molecule has 2 rings (SSSR count). The molecular weight excluding hydrogens is 292 g/mol. The normalized spacial score (nSPS) is 11.8. The Labute approximate surface area is 123 Å². The van der Waals surface area contributed by atoms with Gasteiger partial charge in [-0.25, -0.2) is 4.79 Å². The van der Waals surface area contributed by atoms with Crippen molar-refractivity contribution in [3.63, 3.8) is 0 Å². The van der Waals surface area contributed by atoms with Crippen LogP contribution < -0.4 is 9.44 Å². The number of rotatable bonds is 5. The Hall–Kier alpha value is -2.12. The van der Waals surface area contributed by atoms with Gasteiger partial charge in [0.05, 0.1) is 11.3 Å². The third-order valence-corrected chi connectivity index (χ3v) is 4.02. The largest absolute Gasteiger partial charge is 0.478 e. The molecule has 3 N–H and O–H groups in total. The molecule has 2 aromatic carbocycles. The summed E-state index contributed by atoms with van der Waals surface area (Å²) in [5.41, 5.74) is -0.0582.